The van der Waals surface area contributed by atoms with Crippen molar-refractivity contribution in [3.63, 3.8) is 0 Å². The van der Waals surface area contributed by atoms with Gasteiger partial charge in [-0.25, -0.2) is 4.98 Å². The van der Waals surface area contributed by atoms with E-state index in [0.717, 1.165) is 71.9 Å². The Bertz CT molecular complexity index is 2460. The zero-order chi connectivity index (χ0) is 41.9. The first-order valence-electron chi connectivity index (χ1n) is 20.9. The molecule has 1 atom stereocenters. The van der Waals surface area contributed by atoms with Crippen LogP contribution in [0, 0.1) is 28.6 Å². The SMILES string of the molecule is CC(C)(O)c1cc2nc(C3CCC(CN4CC5(CC(CCNc6cccc7c6C(=O)N(C6CCC(=O)NC6=O)C7=O)C5)C4)CC3)sc2cc1NC(=O)c1cncc(C#N)c1. The first-order chi connectivity index (χ1) is 28.8. The van der Waals surface area contributed by atoms with Gasteiger partial charge in [0, 0.05) is 67.8 Å². The minimum Gasteiger partial charge on any atom is -0.386 e. The van der Waals surface area contributed by atoms with E-state index in [4.69, 9.17) is 4.98 Å². The molecule has 1 spiro atoms. The topological polar surface area (TPSA) is 198 Å². The van der Waals surface area contributed by atoms with E-state index in [0.29, 0.717) is 57.8 Å². The maximum absolute atomic E-state index is 13.4. The lowest BCUT2D eigenvalue weighted by Crippen LogP contribution is -2.63. The number of aromatic nitrogens is 2. The van der Waals surface area contributed by atoms with Crippen LogP contribution in [-0.2, 0) is 15.2 Å². The van der Waals surface area contributed by atoms with Crippen molar-refractivity contribution in [3.05, 3.63) is 81.6 Å². The molecule has 2 aliphatic carbocycles. The Kier molecular flexibility index (Phi) is 10.3. The highest BCUT2D eigenvalue weighted by molar-refractivity contribution is 7.18. The van der Waals surface area contributed by atoms with Crippen LogP contribution in [0.1, 0.15) is 125 Å². The predicted molar refractivity (Wildman–Crippen MR) is 224 cm³/mol. The van der Waals surface area contributed by atoms with Crippen LogP contribution in [0.25, 0.3) is 10.2 Å². The molecule has 14 nitrogen and oxygen atoms in total. The van der Waals surface area contributed by atoms with Crippen molar-refractivity contribution in [2.75, 3.05) is 36.8 Å². The summed E-state index contributed by atoms with van der Waals surface area (Å²) >= 11 is 1.66. The predicted octanol–water partition coefficient (Wildman–Crippen LogP) is 5.93. The second-order valence-electron chi connectivity index (χ2n) is 18.1. The quantitative estimate of drug-likeness (QED) is 0.131. The van der Waals surface area contributed by atoms with Gasteiger partial charge in [0.15, 0.2) is 0 Å². The third-order valence-electron chi connectivity index (χ3n) is 13.2. The number of imide groups is 2. The molecule has 5 aliphatic rings. The molecule has 0 radical (unpaired) electrons. The summed E-state index contributed by atoms with van der Waals surface area (Å²) in [5.74, 6) is -0.729. The number of rotatable bonds is 11. The normalized spacial score (nSPS) is 22.9. The van der Waals surface area contributed by atoms with E-state index in [1.807, 2.05) is 24.3 Å². The average molecular weight is 829 g/mol. The Balaban J connectivity index is 0.732. The number of nitrogens with zero attached hydrogens (tertiary/aromatic N) is 5. The number of benzene rings is 2. The summed E-state index contributed by atoms with van der Waals surface area (Å²) in [6.45, 7) is 7.50. The van der Waals surface area contributed by atoms with Crippen LogP contribution in [0.4, 0.5) is 11.4 Å². The van der Waals surface area contributed by atoms with E-state index < -0.39 is 41.2 Å². The Labute approximate surface area is 351 Å². The fourth-order valence-electron chi connectivity index (χ4n) is 10.3. The molecule has 15 heteroatoms. The highest BCUT2D eigenvalue weighted by atomic mass is 32.1. The Morgan fingerprint density at radius 3 is 2.53 bits per heavy atom. The van der Waals surface area contributed by atoms with E-state index in [9.17, 15) is 34.3 Å². The van der Waals surface area contributed by atoms with Gasteiger partial charge in [-0.05, 0) is 113 Å². The molecule has 4 N–H and O–H groups in total. The second-order valence-corrected chi connectivity index (χ2v) is 19.1. The number of amides is 5. The molecule has 60 heavy (non-hydrogen) atoms. The maximum Gasteiger partial charge on any atom is 0.264 e. The molecule has 2 aromatic carbocycles. The monoisotopic (exact) mass is 828 g/mol. The Morgan fingerprint density at radius 2 is 1.80 bits per heavy atom. The molecule has 9 rings (SSSR count). The molecule has 310 valence electrons. The fourth-order valence-corrected chi connectivity index (χ4v) is 11.4. The number of hydrogen-bond donors (Lipinski definition) is 4. The van der Waals surface area contributed by atoms with Gasteiger partial charge < -0.3 is 20.6 Å². The third-order valence-corrected chi connectivity index (χ3v) is 14.4. The molecule has 5 heterocycles. The molecular formula is C45H48N8O6S. The number of anilines is 2. The van der Waals surface area contributed by atoms with Crippen LogP contribution in [0.3, 0.4) is 0 Å². The van der Waals surface area contributed by atoms with Crippen LogP contribution in [0.2, 0.25) is 0 Å². The van der Waals surface area contributed by atoms with Crippen molar-refractivity contribution in [3.8, 4) is 6.07 Å². The van der Waals surface area contributed by atoms with Crippen LogP contribution in [0.15, 0.2) is 48.8 Å². The zero-order valence-corrected chi connectivity index (χ0v) is 34.6. The van der Waals surface area contributed by atoms with E-state index >= 15 is 0 Å². The van der Waals surface area contributed by atoms with Gasteiger partial charge in [0.05, 0.1) is 43.1 Å². The van der Waals surface area contributed by atoms with Crippen LogP contribution < -0.4 is 16.0 Å². The minimum absolute atomic E-state index is 0.0894. The van der Waals surface area contributed by atoms with Crippen molar-refractivity contribution >= 4 is 62.5 Å². The molecule has 5 amide bonds. The largest absolute Gasteiger partial charge is 0.386 e. The molecule has 0 bridgehead atoms. The first-order valence-corrected chi connectivity index (χ1v) is 21.7. The standard InChI is InChI=1S/C45H48N8O6S/c1-44(2,59)31-15-34-36(16-33(31)49-39(55)29-14-27(19-46)20-47-21-29)60-41(50-34)28-8-6-25(7-9-28)22-52-23-45(24-52)17-26(18-45)12-13-48-32-5-3-4-30-38(32)43(58)53(42(30)57)35-10-11-37(54)51-40(35)56/h3-5,14-16,20-21,25-26,28,35,48,59H,6-13,17-18,22-24H2,1-2H3,(H,49,55)(H,51,54,56). The number of pyridine rings is 1. The van der Waals surface area contributed by atoms with Crippen molar-refractivity contribution in [1.29, 1.82) is 5.26 Å². The number of hydrogen-bond acceptors (Lipinski definition) is 12. The number of piperidine rings is 1. The van der Waals surface area contributed by atoms with Gasteiger partial charge in [-0.3, -0.25) is 39.2 Å². The summed E-state index contributed by atoms with van der Waals surface area (Å²) in [5.41, 5.74) is 2.85. The number of thiazole rings is 1. The molecule has 2 saturated heterocycles. The van der Waals surface area contributed by atoms with Gasteiger partial charge >= 0.3 is 0 Å². The number of carbonyl (C=O) groups excluding carboxylic acids is 5. The maximum atomic E-state index is 13.4. The molecule has 4 fully saturated rings. The molecular weight excluding hydrogens is 781 g/mol. The second kappa shape index (κ2) is 15.5. The van der Waals surface area contributed by atoms with Crippen molar-refractivity contribution in [1.82, 2.24) is 25.1 Å². The summed E-state index contributed by atoms with van der Waals surface area (Å²) in [4.78, 5) is 76.6. The summed E-state index contributed by atoms with van der Waals surface area (Å²) in [7, 11) is 0. The molecule has 2 saturated carbocycles. The molecule has 2 aromatic heterocycles. The number of aliphatic hydroxyl groups is 1. The lowest BCUT2D eigenvalue weighted by molar-refractivity contribution is -0.136. The third kappa shape index (κ3) is 7.56. The number of nitriles is 1. The van der Waals surface area contributed by atoms with E-state index in [1.165, 1.54) is 31.3 Å². The van der Waals surface area contributed by atoms with Gasteiger partial charge in [0.2, 0.25) is 11.8 Å². The molecule has 3 aliphatic heterocycles. The lowest BCUT2D eigenvalue weighted by Gasteiger charge is -2.60. The van der Waals surface area contributed by atoms with Crippen molar-refractivity contribution in [2.45, 2.75) is 89.2 Å². The van der Waals surface area contributed by atoms with E-state index in [-0.39, 0.29) is 24.0 Å². The first kappa shape index (κ1) is 39.9. The van der Waals surface area contributed by atoms with Gasteiger partial charge in [-0.15, -0.1) is 11.3 Å². The van der Waals surface area contributed by atoms with Crippen molar-refractivity contribution < 1.29 is 29.1 Å². The zero-order valence-electron chi connectivity index (χ0n) is 33.8. The number of nitrogens with one attached hydrogen (secondary N) is 3. The smallest absolute Gasteiger partial charge is 0.264 e. The van der Waals surface area contributed by atoms with Gasteiger partial charge in [-0.1, -0.05) is 6.07 Å². The number of fused-ring (bicyclic) bond motifs is 2. The summed E-state index contributed by atoms with van der Waals surface area (Å²) in [6.07, 6.45) is 10.9. The van der Waals surface area contributed by atoms with Crippen LogP contribution in [-0.4, -0.2) is 86.6 Å². The van der Waals surface area contributed by atoms with Crippen LogP contribution in [0.5, 0.6) is 0 Å². The number of likely N-dealkylation sites (tertiary alicyclic amines) is 1. The Morgan fingerprint density at radius 1 is 1.02 bits per heavy atom. The van der Waals surface area contributed by atoms with E-state index in [1.54, 1.807) is 37.3 Å². The fraction of sp³-hybridized carbons (Fsp3) is 0.467. The van der Waals surface area contributed by atoms with Crippen LogP contribution >= 0.6 is 11.3 Å². The highest BCUT2D eigenvalue weighted by Gasteiger charge is 2.52. The summed E-state index contributed by atoms with van der Waals surface area (Å²) in [6, 6.07) is 11.5. The minimum atomic E-state index is -1.22. The van der Waals surface area contributed by atoms with E-state index in [2.05, 4.69) is 25.8 Å². The Hall–Kier alpha value is -5.56. The molecule has 4 aromatic rings. The number of carbonyl (C=O) groups is 5. The van der Waals surface area contributed by atoms with Crippen molar-refractivity contribution in [2.24, 2.45) is 17.3 Å². The summed E-state index contributed by atoms with van der Waals surface area (Å²) in [5, 5.41) is 30.0. The van der Waals surface area contributed by atoms with Gasteiger partial charge in [0.25, 0.3) is 17.7 Å². The average Bonchev–Trinajstić information content (AvgIpc) is 3.73. The van der Waals surface area contributed by atoms with Gasteiger partial charge in [0.1, 0.15) is 12.1 Å². The highest BCUT2D eigenvalue weighted by Crippen LogP contribution is 2.53. The summed E-state index contributed by atoms with van der Waals surface area (Å²) < 4.78 is 0.952. The molecule has 1 unspecified atom stereocenters. The lowest BCUT2D eigenvalue weighted by atomic mass is 9.57. The van der Waals surface area contributed by atoms with Gasteiger partial charge in [-0.2, -0.15) is 5.26 Å².